The van der Waals surface area contributed by atoms with E-state index < -0.39 is 27.7 Å². The second-order valence-electron chi connectivity index (χ2n) is 9.13. The number of aromatic nitrogens is 1. The molecule has 208 valence electrons. The molecular formula is C30H26N4O6S. The summed E-state index contributed by atoms with van der Waals surface area (Å²) in [5, 5.41) is 2.69. The fraction of sp³-hybridized carbons (Fsp3) is 0.133. The van der Waals surface area contributed by atoms with E-state index in [2.05, 4.69) is 10.3 Å². The zero-order chi connectivity index (χ0) is 29.1. The summed E-state index contributed by atoms with van der Waals surface area (Å²) in [5.41, 5.74) is 1.80. The SMILES string of the molecule is CCN(c1ccccc1)S(=O)(=O)c1ccc(OC)c(NC(=O)c2ccc3c(c2)C(=O)N(Cc2ccncc2)C3=O)c1. The van der Waals surface area contributed by atoms with Gasteiger partial charge < -0.3 is 10.1 Å². The minimum atomic E-state index is -3.97. The number of pyridine rings is 1. The first-order chi connectivity index (χ1) is 19.7. The molecule has 10 nitrogen and oxygen atoms in total. The fourth-order valence-corrected chi connectivity index (χ4v) is 6.10. The molecule has 0 atom stereocenters. The summed E-state index contributed by atoms with van der Waals surface area (Å²) in [4.78, 5) is 44.3. The van der Waals surface area contributed by atoms with Crippen LogP contribution in [0, 0.1) is 0 Å². The Balaban J connectivity index is 1.41. The lowest BCUT2D eigenvalue weighted by Gasteiger charge is -2.23. The molecule has 0 fully saturated rings. The molecule has 0 spiro atoms. The molecule has 0 aliphatic carbocycles. The Hall–Kier alpha value is -5.03. The first kappa shape index (κ1) is 27.5. The fourth-order valence-electron chi connectivity index (χ4n) is 4.60. The molecular weight excluding hydrogens is 544 g/mol. The van der Waals surface area contributed by atoms with Crippen molar-refractivity contribution < 1.29 is 27.5 Å². The van der Waals surface area contributed by atoms with Crippen LogP contribution in [0.1, 0.15) is 43.6 Å². The molecule has 5 rings (SSSR count). The Morgan fingerprint density at radius 2 is 1.63 bits per heavy atom. The number of hydrogen-bond donors (Lipinski definition) is 1. The number of benzene rings is 3. The molecule has 1 aromatic heterocycles. The lowest BCUT2D eigenvalue weighted by Crippen LogP contribution is -2.30. The van der Waals surface area contributed by atoms with Gasteiger partial charge in [0.1, 0.15) is 5.75 Å². The van der Waals surface area contributed by atoms with E-state index in [1.165, 1.54) is 47.8 Å². The number of para-hydroxylation sites is 1. The molecule has 4 aromatic rings. The third-order valence-corrected chi connectivity index (χ3v) is 8.56. The average molecular weight is 571 g/mol. The Morgan fingerprint density at radius 1 is 0.927 bits per heavy atom. The van der Waals surface area contributed by atoms with Crippen LogP contribution in [0.5, 0.6) is 5.75 Å². The number of carbonyl (C=O) groups excluding carboxylic acids is 3. The van der Waals surface area contributed by atoms with Gasteiger partial charge in [-0.15, -0.1) is 0 Å². The Labute approximate surface area is 237 Å². The third-order valence-electron chi connectivity index (χ3n) is 6.66. The van der Waals surface area contributed by atoms with Crippen LogP contribution in [0.2, 0.25) is 0 Å². The van der Waals surface area contributed by atoms with Crippen LogP contribution in [-0.4, -0.2) is 49.7 Å². The summed E-state index contributed by atoms with van der Waals surface area (Å²) in [6, 6.07) is 20.6. The molecule has 0 saturated heterocycles. The average Bonchev–Trinajstić information content (AvgIpc) is 3.22. The zero-order valence-electron chi connectivity index (χ0n) is 22.3. The van der Waals surface area contributed by atoms with E-state index in [9.17, 15) is 22.8 Å². The van der Waals surface area contributed by atoms with Gasteiger partial charge in [-0.05, 0) is 73.2 Å². The number of imide groups is 1. The monoisotopic (exact) mass is 570 g/mol. The molecule has 0 bridgehead atoms. The van der Waals surface area contributed by atoms with Gasteiger partial charge in [-0.2, -0.15) is 0 Å². The smallest absolute Gasteiger partial charge is 0.264 e. The predicted octanol–water partition coefficient (Wildman–Crippen LogP) is 4.35. The van der Waals surface area contributed by atoms with Crippen molar-refractivity contribution in [1.29, 1.82) is 0 Å². The second kappa shape index (κ2) is 11.2. The number of amides is 3. The van der Waals surface area contributed by atoms with Crippen LogP contribution < -0.4 is 14.4 Å². The number of rotatable bonds is 9. The molecule has 3 aromatic carbocycles. The summed E-state index contributed by atoms with van der Waals surface area (Å²) in [5.74, 6) is -1.32. The van der Waals surface area contributed by atoms with E-state index in [1.54, 1.807) is 61.8 Å². The maximum Gasteiger partial charge on any atom is 0.264 e. The predicted molar refractivity (Wildman–Crippen MR) is 152 cm³/mol. The first-order valence-electron chi connectivity index (χ1n) is 12.7. The number of sulfonamides is 1. The minimum Gasteiger partial charge on any atom is -0.495 e. The number of methoxy groups -OCH3 is 1. The van der Waals surface area contributed by atoms with Crippen molar-refractivity contribution in [1.82, 2.24) is 9.88 Å². The maximum atomic E-state index is 13.5. The topological polar surface area (TPSA) is 126 Å². The van der Waals surface area contributed by atoms with Gasteiger partial charge in [-0.3, -0.25) is 28.6 Å². The van der Waals surface area contributed by atoms with Crippen molar-refractivity contribution in [2.75, 3.05) is 23.3 Å². The van der Waals surface area contributed by atoms with Crippen LogP contribution in [0.15, 0.2) is 96.2 Å². The Morgan fingerprint density at radius 3 is 2.32 bits per heavy atom. The van der Waals surface area contributed by atoms with Crippen molar-refractivity contribution >= 4 is 39.1 Å². The lowest BCUT2D eigenvalue weighted by atomic mass is 10.1. The molecule has 3 amide bonds. The highest BCUT2D eigenvalue weighted by atomic mass is 32.2. The minimum absolute atomic E-state index is 0.0409. The first-order valence-corrected chi connectivity index (χ1v) is 14.1. The molecule has 1 aliphatic rings. The van der Waals surface area contributed by atoms with Gasteiger partial charge >= 0.3 is 0 Å². The highest BCUT2D eigenvalue weighted by molar-refractivity contribution is 7.92. The maximum absolute atomic E-state index is 13.5. The van der Waals surface area contributed by atoms with Crippen LogP contribution >= 0.6 is 0 Å². The summed E-state index contributed by atoms with van der Waals surface area (Å²) < 4.78 is 33.7. The van der Waals surface area contributed by atoms with Gasteiger partial charge in [0.05, 0.1) is 41.1 Å². The number of anilines is 2. The van der Waals surface area contributed by atoms with Crippen LogP contribution in [0.25, 0.3) is 0 Å². The van der Waals surface area contributed by atoms with Crippen molar-refractivity contribution in [3.05, 3.63) is 114 Å². The van der Waals surface area contributed by atoms with E-state index in [1.807, 2.05) is 0 Å². The number of hydrogen-bond acceptors (Lipinski definition) is 7. The van der Waals surface area contributed by atoms with Crippen LogP contribution in [0.3, 0.4) is 0 Å². The normalized spacial score (nSPS) is 12.7. The van der Waals surface area contributed by atoms with Crippen molar-refractivity contribution in [2.45, 2.75) is 18.4 Å². The molecule has 0 radical (unpaired) electrons. The number of ether oxygens (including phenoxy) is 1. The summed E-state index contributed by atoms with van der Waals surface area (Å²) in [6.07, 6.45) is 3.15. The Bertz CT molecular complexity index is 1740. The summed E-state index contributed by atoms with van der Waals surface area (Å²) >= 11 is 0. The number of nitrogens with zero attached hydrogens (tertiary/aromatic N) is 3. The van der Waals surface area contributed by atoms with Gasteiger partial charge in [-0.25, -0.2) is 8.42 Å². The number of carbonyl (C=O) groups is 3. The van der Waals surface area contributed by atoms with Crippen LogP contribution in [-0.2, 0) is 16.6 Å². The van der Waals surface area contributed by atoms with E-state index in [0.29, 0.717) is 5.69 Å². The third kappa shape index (κ3) is 5.27. The van der Waals surface area contributed by atoms with Gasteiger partial charge in [-0.1, -0.05) is 18.2 Å². The molecule has 1 N–H and O–H groups in total. The number of fused-ring (bicyclic) bond motifs is 1. The molecule has 0 unspecified atom stereocenters. The molecule has 0 saturated carbocycles. The van der Waals surface area contributed by atoms with E-state index in [-0.39, 0.29) is 46.1 Å². The Kier molecular flexibility index (Phi) is 7.54. The van der Waals surface area contributed by atoms with Crippen molar-refractivity contribution in [3.8, 4) is 5.75 Å². The largest absolute Gasteiger partial charge is 0.495 e. The zero-order valence-corrected chi connectivity index (χ0v) is 23.1. The summed E-state index contributed by atoms with van der Waals surface area (Å²) in [7, 11) is -2.57. The summed E-state index contributed by atoms with van der Waals surface area (Å²) in [6.45, 7) is 2.00. The standard InChI is InChI=1S/C30H26N4O6S/c1-3-34(22-7-5-4-6-8-22)41(38,39)23-10-12-27(40-2)26(18-23)32-28(35)21-9-11-24-25(17-21)30(37)33(29(24)36)19-20-13-15-31-16-14-20/h4-18H,3,19H2,1-2H3,(H,32,35). The van der Waals surface area contributed by atoms with E-state index in [0.717, 1.165) is 10.5 Å². The van der Waals surface area contributed by atoms with Gasteiger partial charge in [0.2, 0.25) is 0 Å². The van der Waals surface area contributed by atoms with Gasteiger partial charge in [0.25, 0.3) is 27.7 Å². The quantitative estimate of drug-likeness (QED) is 0.297. The lowest BCUT2D eigenvalue weighted by molar-refractivity contribution is 0.0642. The highest BCUT2D eigenvalue weighted by Gasteiger charge is 2.36. The second-order valence-corrected chi connectivity index (χ2v) is 11.0. The van der Waals surface area contributed by atoms with E-state index >= 15 is 0 Å². The molecule has 11 heteroatoms. The molecule has 2 heterocycles. The molecule has 1 aliphatic heterocycles. The number of nitrogens with one attached hydrogen (secondary N) is 1. The molecule has 41 heavy (non-hydrogen) atoms. The highest BCUT2D eigenvalue weighted by Crippen LogP contribution is 2.32. The van der Waals surface area contributed by atoms with Crippen molar-refractivity contribution in [3.63, 3.8) is 0 Å². The van der Waals surface area contributed by atoms with Gasteiger partial charge in [0, 0.05) is 24.5 Å². The van der Waals surface area contributed by atoms with Crippen LogP contribution in [0.4, 0.5) is 11.4 Å². The van der Waals surface area contributed by atoms with E-state index in [4.69, 9.17) is 4.74 Å². The van der Waals surface area contributed by atoms with Crippen molar-refractivity contribution in [2.24, 2.45) is 0 Å². The van der Waals surface area contributed by atoms with Gasteiger partial charge in [0.15, 0.2) is 0 Å².